The maximum Gasteiger partial charge on any atom is 0.185 e. The average molecular weight is 247 g/mol. The van der Waals surface area contributed by atoms with E-state index in [0.717, 1.165) is 50.0 Å². The maximum atomic E-state index is 5.69. The first-order chi connectivity index (χ1) is 7.40. The van der Waals surface area contributed by atoms with Crippen LogP contribution in [-0.4, -0.2) is 37.2 Å². The monoisotopic (exact) mass is 246 g/mol. The lowest BCUT2D eigenvalue weighted by Gasteiger charge is -2.17. The molecule has 0 amide bonds. The van der Waals surface area contributed by atoms with E-state index in [1.54, 1.807) is 11.3 Å². The number of hydrogen-bond donors (Lipinski definition) is 0. The van der Waals surface area contributed by atoms with Crippen LogP contribution >= 0.6 is 22.9 Å². The van der Waals surface area contributed by atoms with Crippen molar-refractivity contribution >= 4 is 28.1 Å². The highest BCUT2D eigenvalue weighted by Gasteiger charge is 2.13. The zero-order chi connectivity index (χ0) is 10.5. The van der Waals surface area contributed by atoms with Gasteiger partial charge in [0.05, 0.1) is 12.3 Å². The van der Waals surface area contributed by atoms with Gasteiger partial charge >= 0.3 is 0 Å². The molecule has 2 rings (SSSR count). The Balaban J connectivity index is 2.00. The van der Waals surface area contributed by atoms with Crippen LogP contribution in [0.1, 0.15) is 12.1 Å². The highest BCUT2D eigenvalue weighted by atomic mass is 35.5. The summed E-state index contributed by atoms with van der Waals surface area (Å²) >= 11 is 7.39. The Hall–Kier alpha value is -0.320. The number of anilines is 1. The highest BCUT2D eigenvalue weighted by Crippen LogP contribution is 2.21. The molecule has 1 aromatic rings. The largest absolute Gasteiger partial charge is 0.380 e. The Labute approximate surface area is 99.0 Å². The van der Waals surface area contributed by atoms with Crippen LogP contribution in [0.2, 0.25) is 0 Å². The van der Waals surface area contributed by atoms with E-state index in [0.29, 0.717) is 5.88 Å². The summed E-state index contributed by atoms with van der Waals surface area (Å²) < 4.78 is 5.41. The molecular formula is C10H15ClN2OS. The van der Waals surface area contributed by atoms with Gasteiger partial charge in [0.25, 0.3) is 0 Å². The Morgan fingerprint density at radius 3 is 3.27 bits per heavy atom. The van der Waals surface area contributed by atoms with Crippen molar-refractivity contribution in [3.8, 4) is 0 Å². The quantitative estimate of drug-likeness (QED) is 0.765. The Morgan fingerprint density at radius 2 is 2.40 bits per heavy atom. The van der Waals surface area contributed by atoms with E-state index in [4.69, 9.17) is 16.3 Å². The van der Waals surface area contributed by atoms with Crippen molar-refractivity contribution in [2.75, 3.05) is 37.1 Å². The first kappa shape index (κ1) is 11.2. The molecular weight excluding hydrogens is 232 g/mol. The molecule has 2 heterocycles. The fourth-order valence-corrected chi connectivity index (χ4v) is 2.70. The minimum atomic E-state index is 0.645. The molecule has 1 saturated heterocycles. The van der Waals surface area contributed by atoms with Gasteiger partial charge in [-0.3, -0.25) is 0 Å². The number of aryl methyl sites for hydroxylation is 1. The topological polar surface area (TPSA) is 25.4 Å². The molecule has 0 radical (unpaired) electrons. The molecule has 3 nitrogen and oxygen atoms in total. The highest BCUT2D eigenvalue weighted by molar-refractivity contribution is 7.13. The number of alkyl halides is 1. The summed E-state index contributed by atoms with van der Waals surface area (Å²) in [7, 11) is 0. The lowest BCUT2D eigenvalue weighted by atomic mass is 10.4. The normalized spacial score (nSPS) is 17.8. The molecule has 1 aromatic heterocycles. The number of halogens is 1. The Bertz CT molecular complexity index is 297. The lowest BCUT2D eigenvalue weighted by Crippen LogP contribution is -2.25. The molecule has 1 aliphatic rings. The molecule has 1 aliphatic heterocycles. The van der Waals surface area contributed by atoms with Crippen molar-refractivity contribution in [1.82, 2.24) is 4.98 Å². The first-order valence-corrected chi connectivity index (χ1v) is 6.64. The van der Waals surface area contributed by atoms with Gasteiger partial charge in [-0.25, -0.2) is 4.98 Å². The molecule has 84 valence electrons. The SMILES string of the molecule is ClCCc1csc(N2CCCOCC2)n1. The second-order valence-corrected chi connectivity index (χ2v) is 4.73. The third kappa shape index (κ3) is 3.06. The summed E-state index contributed by atoms with van der Waals surface area (Å²) in [5.74, 6) is 0.645. The fraction of sp³-hybridized carbons (Fsp3) is 0.700. The number of rotatable bonds is 3. The van der Waals surface area contributed by atoms with E-state index < -0.39 is 0 Å². The van der Waals surface area contributed by atoms with Crippen LogP contribution in [0.5, 0.6) is 0 Å². The fourth-order valence-electron chi connectivity index (χ4n) is 1.59. The van der Waals surface area contributed by atoms with Crippen LogP contribution in [0.15, 0.2) is 5.38 Å². The molecule has 0 aliphatic carbocycles. The second kappa shape index (κ2) is 5.68. The molecule has 0 atom stereocenters. The van der Waals surface area contributed by atoms with Crippen molar-refractivity contribution in [2.45, 2.75) is 12.8 Å². The summed E-state index contributed by atoms with van der Waals surface area (Å²) in [6.45, 7) is 3.68. The molecule has 5 heteroatoms. The maximum absolute atomic E-state index is 5.69. The van der Waals surface area contributed by atoms with Crippen LogP contribution in [0.4, 0.5) is 5.13 Å². The Kier molecular flexibility index (Phi) is 4.23. The average Bonchev–Trinajstić information content (AvgIpc) is 2.53. The lowest BCUT2D eigenvalue weighted by molar-refractivity contribution is 0.152. The van der Waals surface area contributed by atoms with E-state index in [1.807, 2.05) is 0 Å². The molecule has 0 unspecified atom stereocenters. The summed E-state index contributed by atoms with van der Waals surface area (Å²) in [5, 5.41) is 3.21. The summed E-state index contributed by atoms with van der Waals surface area (Å²) in [5.41, 5.74) is 1.11. The van der Waals surface area contributed by atoms with Crippen molar-refractivity contribution in [3.05, 3.63) is 11.1 Å². The molecule has 15 heavy (non-hydrogen) atoms. The first-order valence-electron chi connectivity index (χ1n) is 5.23. The number of thiazole rings is 1. The van der Waals surface area contributed by atoms with Gasteiger partial charge in [-0.2, -0.15) is 0 Å². The minimum Gasteiger partial charge on any atom is -0.380 e. The third-order valence-electron chi connectivity index (χ3n) is 2.38. The molecule has 0 bridgehead atoms. The van der Waals surface area contributed by atoms with E-state index in [2.05, 4.69) is 15.3 Å². The molecule has 0 spiro atoms. The number of aromatic nitrogens is 1. The van der Waals surface area contributed by atoms with Crippen molar-refractivity contribution in [1.29, 1.82) is 0 Å². The molecule has 1 fully saturated rings. The number of ether oxygens (including phenoxy) is 1. The Morgan fingerprint density at radius 1 is 1.47 bits per heavy atom. The predicted octanol–water partition coefficient (Wildman–Crippen LogP) is 2.15. The van der Waals surface area contributed by atoms with Crippen molar-refractivity contribution in [2.24, 2.45) is 0 Å². The zero-order valence-electron chi connectivity index (χ0n) is 8.62. The van der Waals surface area contributed by atoms with Gasteiger partial charge in [-0.05, 0) is 6.42 Å². The van der Waals surface area contributed by atoms with Crippen LogP contribution < -0.4 is 4.90 Å². The van der Waals surface area contributed by atoms with E-state index in [-0.39, 0.29) is 0 Å². The van der Waals surface area contributed by atoms with Crippen LogP contribution in [0.25, 0.3) is 0 Å². The van der Waals surface area contributed by atoms with Gasteiger partial charge in [0.15, 0.2) is 5.13 Å². The van der Waals surface area contributed by atoms with Gasteiger partial charge in [0.1, 0.15) is 0 Å². The van der Waals surface area contributed by atoms with Crippen LogP contribution in [0, 0.1) is 0 Å². The van der Waals surface area contributed by atoms with Crippen molar-refractivity contribution < 1.29 is 4.74 Å². The summed E-state index contributed by atoms with van der Waals surface area (Å²) in [6, 6.07) is 0. The minimum absolute atomic E-state index is 0.645. The summed E-state index contributed by atoms with van der Waals surface area (Å²) in [6.07, 6.45) is 1.95. The van der Waals surface area contributed by atoms with Gasteiger partial charge in [0, 0.05) is 37.4 Å². The van der Waals surface area contributed by atoms with Crippen LogP contribution in [0.3, 0.4) is 0 Å². The van der Waals surface area contributed by atoms with Crippen LogP contribution in [-0.2, 0) is 11.2 Å². The van der Waals surface area contributed by atoms with Gasteiger partial charge < -0.3 is 9.64 Å². The molecule has 0 aromatic carbocycles. The second-order valence-electron chi connectivity index (χ2n) is 3.51. The summed E-state index contributed by atoms with van der Waals surface area (Å²) in [4.78, 5) is 6.87. The van der Waals surface area contributed by atoms with Gasteiger partial charge in [-0.1, -0.05) is 0 Å². The molecule has 0 N–H and O–H groups in total. The standard InChI is InChI=1S/C10H15ClN2OS/c11-3-2-9-8-15-10(12-9)13-4-1-6-14-7-5-13/h8H,1-7H2. The smallest absolute Gasteiger partial charge is 0.185 e. The van der Waals surface area contributed by atoms with Crippen molar-refractivity contribution in [3.63, 3.8) is 0 Å². The molecule has 0 saturated carbocycles. The zero-order valence-corrected chi connectivity index (χ0v) is 10.2. The number of hydrogen-bond acceptors (Lipinski definition) is 4. The van der Waals surface area contributed by atoms with Gasteiger partial charge in [0.2, 0.25) is 0 Å². The van der Waals surface area contributed by atoms with E-state index in [1.165, 1.54) is 0 Å². The van der Waals surface area contributed by atoms with E-state index >= 15 is 0 Å². The van der Waals surface area contributed by atoms with Gasteiger partial charge in [-0.15, -0.1) is 22.9 Å². The predicted molar refractivity (Wildman–Crippen MR) is 64.2 cm³/mol. The van der Waals surface area contributed by atoms with E-state index in [9.17, 15) is 0 Å². The third-order valence-corrected chi connectivity index (χ3v) is 3.52. The number of nitrogens with zero attached hydrogens (tertiary/aromatic N) is 2.